The summed E-state index contributed by atoms with van der Waals surface area (Å²) in [5, 5.41) is 0. The Bertz CT molecular complexity index is 366. The maximum atomic E-state index is 11.8. The molecule has 1 aromatic rings. The van der Waals surface area contributed by atoms with E-state index >= 15 is 0 Å². The molecule has 1 aromatic carbocycles. The first kappa shape index (κ1) is 9.00. The van der Waals surface area contributed by atoms with E-state index in [1.165, 1.54) is 0 Å². The smallest absolute Gasteiger partial charge is 0.253 e. The number of carbonyl (C=O) groups excluding carboxylic acids is 1. The zero-order chi connectivity index (χ0) is 9.97. The highest BCUT2D eigenvalue weighted by molar-refractivity contribution is 5.95. The molecule has 0 atom stereocenters. The molecule has 0 radical (unpaired) electrons. The Labute approximate surface area is 83.8 Å². The number of rotatable bonds is 2. The first-order valence-corrected chi connectivity index (χ1v) is 4.83. The van der Waals surface area contributed by atoms with E-state index in [2.05, 4.69) is 6.58 Å². The van der Waals surface area contributed by atoms with Crippen molar-refractivity contribution in [3.05, 3.63) is 42.0 Å². The molecule has 1 amide bonds. The molecule has 0 aromatic heterocycles. The molecular formula is C12H13NO. The molecule has 0 saturated carbocycles. The first-order valence-electron chi connectivity index (χ1n) is 4.83. The summed E-state index contributed by atoms with van der Waals surface area (Å²) >= 11 is 0. The van der Waals surface area contributed by atoms with Gasteiger partial charge in [0.15, 0.2) is 0 Å². The number of amides is 1. The summed E-state index contributed by atoms with van der Waals surface area (Å²) in [6, 6.07) is 7.57. The maximum Gasteiger partial charge on any atom is 0.253 e. The summed E-state index contributed by atoms with van der Waals surface area (Å²) in [5.74, 6) is 0.139. The minimum Gasteiger partial charge on any atom is -0.339 e. The monoisotopic (exact) mass is 187 g/mol. The minimum absolute atomic E-state index is 0.139. The predicted octanol–water partition coefficient (Wildman–Crippen LogP) is 2.18. The maximum absolute atomic E-state index is 11.8. The standard InChI is InChI=1S/C12H13NO/c1-2-10-5-3-6-11(9-10)12(14)13-7-4-8-13/h2-3,5-6,9H,1,4,7-8H2. The summed E-state index contributed by atoms with van der Waals surface area (Å²) in [6.07, 6.45) is 2.89. The Morgan fingerprint density at radius 3 is 2.79 bits per heavy atom. The molecule has 1 aliphatic rings. The summed E-state index contributed by atoms with van der Waals surface area (Å²) < 4.78 is 0. The van der Waals surface area contributed by atoms with Gasteiger partial charge in [-0.2, -0.15) is 0 Å². The summed E-state index contributed by atoms with van der Waals surface area (Å²) in [5.41, 5.74) is 1.76. The molecule has 0 bridgehead atoms. The molecule has 2 heteroatoms. The van der Waals surface area contributed by atoms with Crippen LogP contribution in [-0.2, 0) is 0 Å². The van der Waals surface area contributed by atoms with Gasteiger partial charge in [0.25, 0.3) is 5.91 Å². The fourth-order valence-electron chi connectivity index (χ4n) is 1.50. The molecule has 0 unspecified atom stereocenters. The number of hydrogen-bond acceptors (Lipinski definition) is 1. The fourth-order valence-corrected chi connectivity index (χ4v) is 1.50. The molecule has 72 valence electrons. The lowest BCUT2D eigenvalue weighted by atomic mass is 10.1. The molecule has 1 fully saturated rings. The van der Waals surface area contributed by atoms with Gasteiger partial charge in [-0.05, 0) is 24.1 Å². The van der Waals surface area contributed by atoms with Gasteiger partial charge < -0.3 is 4.90 Å². The number of likely N-dealkylation sites (tertiary alicyclic amines) is 1. The normalized spacial score (nSPS) is 14.7. The highest BCUT2D eigenvalue weighted by Crippen LogP contribution is 2.14. The summed E-state index contributed by atoms with van der Waals surface area (Å²) in [6.45, 7) is 5.49. The van der Waals surface area contributed by atoms with E-state index in [0.717, 1.165) is 30.6 Å². The molecular weight excluding hydrogens is 174 g/mol. The van der Waals surface area contributed by atoms with Crippen LogP contribution in [0.5, 0.6) is 0 Å². The van der Waals surface area contributed by atoms with Gasteiger partial charge >= 0.3 is 0 Å². The van der Waals surface area contributed by atoms with Crippen molar-refractivity contribution in [2.24, 2.45) is 0 Å². The minimum atomic E-state index is 0.139. The molecule has 1 aliphatic heterocycles. The van der Waals surface area contributed by atoms with Crippen molar-refractivity contribution >= 4 is 12.0 Å². The van der Waals surface area contributed by atoms with E-state index < -0.39 is 0 Å². The van der Waals surface area contributed by atoms with Gasteiger partial charge in [0, 0.05) is 18.7 Å². The average molecular weight is 187 g/mol. The van der Waals surface area contributed by atoms with E-state index in [1.54, 1.807) is 6.08 Å². The van der Waals surface area contributed by atoms with Crippen molar-refractivity contribution in [1.29, 1.82) is 0 Å². The molecule has 14 heavy (non-hydrogen) atoms. The number of benzene rings is 1. The lowest BCUT2D eigenvalue weighted by molar-refractivity contribution is 0.0652. The molecule has 1 heterocycles. The van der Waals surface area contributed by atoms with Crippen LogP contribution in [0.3, 0.4) is 0 Å². The van der Waals surface area contributed by atoms with E-state index in [4.69, 9.17) is 0 Å². The van der Waals surface area contributed by atoms with Crippen LogP contribution in [0.1, 0.15) is 22.3 Å². The van der Waals surface area contributed by atoms with Crippen molar-refractivity contribution in [3.63, 3.8) is 0 Å². The lowest BCUT2D eigenvalue weighted by Gasteiger charge is -2.30. The highest BCUT2D eigenvalue weighted by Gasteiger charge is 2.21. The Kier molecular flexibility index (Phi) is 2.35. The van der Waals surface area contributed by atoms with E-state index in [-0.39, 0.29) is 5.91 Å². The van der Waals surface area contributed by atoms with Crippen molar-refractivity contribution in [1.82, 2.24) is 4.90 Å². The van der Waals surface area contributed by atoms with Crippen LogP contribution < -0.4 is 0 Å². The zero-order valence-electron chi connectivity index (χ0n) is 8.07. The van der Waals surface area contributed by atoms with E-state index in [0.29, 0.717) is 0 Å². The van der Waals surface area contributed by atoms with Crippen LogP contribution >= 0.6 is 0 Å². The predicted molar refractivity (Wildman–Crippen MR) is 57.1 cm³/mol. The second kappa shape index (κ2) is 3.66. The highest BCUT2D eigenvalue weighted by atomic mass is 16.2. The van der Waals surface area contributed by atoms with Crippen LogP contribution in [0.25, 0.3) is 6.08 Å². The largest absolute Gasteiger partial charge is 0.339 e. The Morgan fingerprint density at radius 1 is 1.43 bits per heavy atom. The van der Waals surface area contributed by atoms with Crippen LogP contribution in [0.15, 0.2) is 30.8 Å². The third-order valence-electron chi connectivity index (χ3n) is 2.51. The second-order valence-corrected chi connectivity index (χ2v) is 3.48. The Hall–Kier alpha value is -1.57. The molecule has 2 nitrogen and oxygen atoms in total. The van der Waals surface area contributed by atoms with Gasteiger partial charge in [0.2, 0.25) is 0 Å². The third-order valence-corrected chi connectivity index (χ3v) is 2.51. The Balaban J connectivity index is 2.21. The molecule has 0 spiro atoms. The lowest BCUT2D eigenvalue weighted by Crippen LogP contribution is -2.42. The number of carbonyl (C=O) groups is 1. The topological polar surface area (TPSA) is 20.3 Å². The summed E-state index contributed by atoms with van der Waals surface area (Å²) in [4.78, 5) is 13.7. The van der Waals surface area contributed by atoms with Gasteiger partial charge in [-0.3, -0.25) is 4.79 Å². The SMILES string of the molecule is C=Cc1cccc(C(=O)N2CCC2)c1. The quantitative estimate of drug-likeness (QED) is 0.695. The third kappa shape index (κ3) is 1.55. The second-order valence-electron chi connectivity index (χ2n) is 3.48. The first-order chi connectivity index (χ1) is 6.81. The van der Waals surface area contributed by atoms with Crippen LogP contribution in [0.2, 0.25) is 0 Å². The molecule has 2 rings (SSSR count). The van der Waals surface area contributed by atoms with Crippen molar-refractivity contribution < 1.29 is 4.79 Å². The average Bonchev–Trinajstić information content (AvgIpc) is 2.15. The molecule has 0 N–H and O–H groups in total. The Morgan fingerprint density at radius 2 is 2.21 bits per heavy atom. The zero-order valence-corrected chi connectivity index (χ0v) is 8.07. The summed E-state index contributed by atoms with van der Waals surface area (Å²) in [7, 11) is 0. The van der Waals surface area contributed by atoms with Crippen molar-refractivity contribution in [2.75, 3.05) is 13.1 Å². The number of hydrogen-bond donors (Lipinski definition) is 0. The molecule has 1 saturated heterocycles. The van der Waals surface area contributed by atoms with Gasteiger partial charge in [-0.15, -0.1) is 0 Å². The van der Waals surface area contributed by atoms with Crippen molar-refractivity contribution in [2.45, 2.75) is 6.42 Å². The van der Waals surface area contributed by atoms with Gasteiger partial charge in [0.05, 0.1) is 0 Å². The van der Waals surface area contributed by atoms with Crippen LogP contribution in [0.4, 0.5) is 0 Å². The van der Waals surface area contributed by atoms with Gasteiger partial charge in [-0.1, -0.05) is 24.8 Å². The van der Waals surface area contributed by atoms with Crippen LogP contribution in [-0.4, -0.2) is 23.9 Å². The van der Waals surface area contributed by atoms with Gasteiger partial charge in [-0.25, -0.2) is 0 Å². The van der Waals surface area contributed by atoms with Gasteiger partial charge in [0.1, 0.15) is 0 Å². The number of nitrogens with zero attached hydrogens (tertiary/aromatic N) is 1. The molecule has 0 aliphatic carbocycles. The van der Waals surface area contributed by atoms with E-state index in [1.807, 2.05) is 29.2 Å². The van der Waals surface area contributed by atoms with E-state index in [9.17, 15) is 4.79 Å². The fraction of sp³-hybridized carbons (Fsp3) is 0.250. The van der Waals surface area contributed by atoms with Crippen LogP contribution in [0, 0.1) is 0 Å². The van der Waals surface area contributed by atoms with Crippen molar-refractivity contribution in [3.8, 4) is 0 Å².